The summed E-state index contributed by atoms with van der Waals surface area (Å²) < 4.78 is 22.4. The maximum Gasteiger partial charge on any atom is 0.167 e. The minimum absolute atomic E-state index is 0.0122. The predicted octanol–water partition coefficient (Wildman–Crippen LogP) is 7.98. The minimum atomic E-state index is -2.56. The van der Waals surface area contributed by atoms with E-state index in [4.69, 9.17) is 31.2 Å². The first-order valence-corrected chi connectivity index (χ1v) is 18.3. The molecule has 0 saturated heterocycles. The van der Waals surface area contributed by atoms with Gasteiger partial charge in [0.05, 0.1) is 47.0 Å². The lowest BCUT2D eigenvalue weighted by Crippen LogP contribution is -2.50. The Balaban J connectivity index is 1.57. The van der Waals surface area contributed by atoms with Crippen molar-refractivity contribution in [3.8, 4) is 17.2 Å². The topological polar surface area (TPSA) is 64.1 Å². The van der Waals surface area contributed by atoms with E-state index in [2.05, 4.69) is 117 Å². The number of rotatable bonds is 11. The Bertz CT molecular complexity index is 1760. The van der Waals surface area contributed by atoms with Gasteiger partial charge < -0.3 is 24.8 Å². The third kappa shape index (κ3) is 7.69. The van der Waals surface area contributed by atoms with Crippen LogP contribution in [0.25, 0.3) is 10.8 Å². The first-order valence-electron chi connectivity index (χ1n) is 16.2. The summed E-state index contributed by atoms with van der Waals surface area (Å²) >= 11 is 5.97. The molecule has 0 radical (unpaired) electrons. The maximum atomic E-state index is 5.97. The van der Waals surface area contributed by atoms with Crippen LogP contribution in [0.1, 0.15) is 39.3 Å². The van der Waals surface area contributed by atoms with Crippen LogP contribution in [0.15, 0.2) is 120 Å². The third-order valence-corrected chi connectivity index (χ3v) is 12.8. The molecule has 5 aromatic rings. The molecule has 0 saturated carbocycles. The van der Waals surface area contributed by atoms with Gasteiger partial charge in [0, 0.05) is 15.9 Å². The molecule has 250 valence electrons. The fraction of sp³-hybridized carbons (Fsp3) is 0.275. The summed E-state index contributed by atoms with van der Waals surface area (Å²) in [7, 11) is 2.50. The summed E-state index contributed by atoms with van der Waals surface area (Å²) in [5, 5.41) is 13.6. The second-order valence-electron chi connectivity index (χ2n) is 12.9. The SMILES string of the molecule is COc1ccc(P(=NCC(NC(=S)NC(C)c2cccc3ccccc23)C(C)(C)C)(c2ccc(OC)cc2)c2ccc(OC)cc2)cc1. The van der Waals surface area contributed by atoms with Gasteiger partial charge in [0.15, 0.2) is 5.11 Å². The molecule has 2 unspecified atom stereocenters. The van der Waals surface area contributed by atoms with Crippen LogP contribution in [0.4, 0.5) is 0 Å². The van der Waals surface area contributed by atoms with E-state index in [0.717, 1.165) is 33.2 Å². The number of hydrogen-bond acceptors (Lipinski definition) is 5. The van der Waals surface area contributed by atoms with Crippen molar-refractivity contribution in [1.29, 1.82) is 0 Å². The Labute approximate surface area is 290 Å². The highest BCUT2D eigenvalue weighted by Gasteiger charge is 2.31. The van der Waals surface area contributed by atoms with Crippen molar-refractivity contribution in [1.82, 2.24) is 10.6 Å². The summed E-state index contributed by atoms with van der Waals surface area (Å²) in [5.41, 5.74) is 1.05. The van der Waals surface area contributed by atoms with Crippen LogP contribution < -0.4 is 40.8 Å². The monoisotopic (exact) mass is 679 g/mol. The molecule has 0 aromatic heterocycles. The minimum Gasteiger partial charge on any atom is -0.497 e. The highest BCUT2D eigenvalue weighted by molar-refractivity contribution is 7.87. The zero-order valence-electron chi connectivity index (χ0n) is 28.9. The molecule has 5 rings (SSSR count). The summed E-state index contributed by atoms with van der Waals surface area (Å²) in [4.78, 5) is 0. The molecule has 48 heavy (non-hydrogen) atoms. The van der Waals surface area contributed by atoms with Crippen molar-refractivity contribution >= 4 is 51.1 Å². The zero-order chi connectivity index (χ0) is 34.3. The van der Waals surface area contributed by atoms with Crippen molar-refractivity contribution < 1.29 is 14.2 Å². The van der Waals surface area contributed by atoms with E-state index in [0.29, 0.717) is 11.7 Å². The molecule has 0 bridgehead atoms. The molecule has 0 aliphatic rings. The summed E-state index contributed by atoms with van der Waals surface area (Å²) in [6.45, 7) is 9.35. The lowest BCUT2D eigenvalue weighted by atomic mass is 9.87. The first kappa shape index (κ1) is 35.0. The highest BCUT2D eigenvalue weighted by atomic mass is 32.1. The van der Waals surface area contributed by atoms with Gasteiger partial charge in [-0.2, -0.15) is 0 Å². The second-order valence-corrected chi connectivity index (χ2v) is 16.4. The molecule has 0 aliphatic heterocycles. The van der Waals surface area contributed by atoms with Crippen LogP contribution in [0, 0.1) is 5.41 Å². The molecule has 0 spiro atoms. The fourth-order valence-corrected chi connectivity index (χ4v) is 9.78. The molecule has 2 N–H and O–H groups in total. The number of methoxy groups -OCH3 is 3. The Kier molecular flexibility index (Phi) is 11.1. The summed E-state index contributed by atoms with van der Waals surface area (Å²) in [6.07, 6.45) is 0. The molecular weight excluding hydrogens is 633 g/mol. The molecule has 5 aromatic carbocycles. The van der Waals surface area contributed by atoms with Crippen molar-refractivity contribution in [2.45, 2.75) is 39.8 Å². The van der Waals surface area contributed by atoms with Crippen molar-refractivity contribution in [2.24, 2.45) is 10.2 Å². The molecule has 0 fully saturated rings. The first-order chi connectivity index (χ1) is 23.1. The average Bonchev–Trinajstić information content (AvgIpc) is 3.11. The number of nitrogens with zero attached hydrogens (tertiary/aromatic N) is 1. The van der Waals surface area contributed by atoms with Gasteiger partial charge in [0.2, 0.25) is 0 Å². The predicted molar refractivity (Wildman–Crippen MR) is 207 cm³/mol. The van der Waals surface area contributed by atoms with E-state index in [9.17, 15) is 0 Å². The summed E-state index contributed by atoms with van der Waals surface area (Å²) in [5.74, 6) is 2.40. The van der Waals surface area contributed by atoms with Crippen LogP contribution in [-0.4, -0.2) is 39.0 Å². The van der Waals surface area contributed by atoms with E-state index >= 15 is 0 Å². The van der Waals surface area contributed by atoms with Gasteiger partial charge in [-0.15, -0.1) is 0 Å². The van der Waals surface area contributed by atoms with Crippen LogP contribution in [-0.2, 0) is 0 Å². The molecule has 8 heteroatoms. The van der Waals surface area contributed by atoms with Crippen molar-refractivity contribution in [3.63, 3.8) is 0 Å². The van der Waals surface area contributed by atoms with Gasteiger partial charge in [0.25, 0.3) is 0 Å². The number of benzene rings is 5. The quantitative estimate of drug-likeness (QED) is 0.109. The summed E-state index contributed by atoms with van der Waals surface area (Å²) in [6, 6.07) is 39.7. The molecule has 0 amide bonds. The third-order valence-electron chi connectivity index (χ3n) is 8.80. The number of nitrogens with one attached hydrogen (secondary N) is 2. The van der Waals surface area contributed by atoms with E-state index in [1.165, 1.54) is 16.3 Å². The van der Waals surface area contributed by atoms with E-state index < -0.39 is 7.05 Å². The average molecular weight is 680 g/mol. The highest BCUT2D eigenvalue weighted by Crippen LogP contribution is 2.47. The van der Waals surface area contributed by atoms with Crippen LogP contribution in [0.3, 0.4) is 0 Å². The molecule has 2 atom stereocenters. The zero-order valence-corrected chi connectivity index (χ0v) is 30.6. The van der Waals surface area contributed by atoms with Crippen molar-refractivity contribution in [3.05, 3.63) is 121 Å². The van der Waals surface area contributed by atoms with Crippen molar-refractivity contribution in [2.75, 3.05) is 27.9 Å². The van der Waals surface area contributed by atoms with Crippen LogP contribution >= 0.6 is 19.3 Å². The maximum absolute atomic E-state index is 5.97. The lowest BCUT2D eigenvalue weighted by Gasteiger charge is -2.34. The Hall–Kier alpha value is -4.32. The van der Waals surface area contributed by atoms with Crippen LogP contribution in [0.5, 0.6) is 17.2 Å². The normalized spacial score (nSPS) is 12.9. The van der Waals surface area contributed by atoms with E-state index in [1.54, 1.807) is 21.3 Å². The van der Waals surface area contributed by atoms with Gasteiger partial charge in [-0.1, -0.05) is 63.2 Å². The number of hydrogen-bond donors (Lipinski definition) is 2. The van der Waals surface area contributed by atoms with E-state index in [1.807, 2.05) is 36.4 Å². The number of fused-ring (bicyclic) bond motifs is 1. The lowest BCUT2D eigenvalue weighted by molar-refractivity contribution is 0.302. The van der Waals surface area contributed by atoms with Gasteiger partial charge in [-0.3, -0.25) is 4.74 Å². The molecule has 6 nitrogen and oxygen atoms in total. The largest absolute Gasteiger partial charge is 0.497 e. The Morgan fingerprint density at radius 2 is 1.12 bits per heavy atom. The Morgan fingerprint density at radius 1 is 0.667 bits per heavy atom. The number of ether oxygens (including phenoxy) is 3. The van der Waals surface area contributed by atoms with Gasteiger partial charge in [-0.25, -0.2) is 0 Å². The van der Waals surface area contributed by atoms with Gasteiger partial charge in [-0.05, 0) is 114 Å². The molecular formula is C40H46N3O3PS. The van der Waals surface area contributed by atoms with Crippen LogP contribution in [0.2, 0.25) is 0 Å². The smallest absolute Gasteiger partial charge is 0.167 e. The second kappa shape index (κ2) is 15.3. The van der Waals surface area contributed by atoms with Gasteiger partial charge in [0.1, 0.15) is 17.2 Å². The van der Waals surface area contributed by atoms with Gasteiger partial charge >= 0.3 is 0 Å². The Morgan fingerprint density at radius 3 is 1.58 bits per heavy atom. The number of thiocarbonyl (C=S) groups is 1. The van der Waals surface area contributed by atoms with E-state index in [-0.39, 0.29) is 17.5 Å². The molecule has 0 heterocycles. The standard InChI is InChI=1S/C40H46N3O3PS/c1-28(36-14-10-12-29-11-8-9-13-37(29)36)42-39(48)43-38(40(2,3)4)27-41-47(33-21-15-30(44-5)16-22-33,34-23-17-31(45-6)18-24-34)35-25-19-32(46-7)20-26-35/h8-26,28,38H,27H2,1-7H3,(H2,42,43,48). The fourth-order valence-electron chi connectivity index (χ4n) is 5.93. The molecule has 0 aliphatic carbocycles.